The fourth-order valence-electron chi connectivity index (χ4n) is 27.4. The molecule has 0 heterocycles. The van der Waals surface area contributed by atoms with Gasteiger partial charge in [-0.15, -0.1) is 0 Å². The van der Waals surface area contributed by atoms with E-state index in [9.17, 15) is 0 Å². The van der Waals surface area contributed by atoms with E-state index in [1.165, 1.54) is 151 Å². The summed E-state index contributed by atoms with van der Waals surface area (Å²) in [6.07, 6.45) is 116. The Kier molecular flexibility index (Phi) is 34.4. The van der Waals surface area contributed by atoms with Crippen molar-refractivity contribution in [2.45, 2.75) is 482 Å². The van der Waals surface area contributed by atoms with E-state index in [2.05, 4.69) is 0 Å². The average molecular weight is 1340 g/mol. The largest absolute Gasteiger partial charge is 0.0530 e. The van der Waals surface area contributed by atoms with Crippen molar-refractivity contribution < 1.29 is 0 Å². The minimum absolute atomic E-state index is 1.13. The third-order valence-corrected chi connectivity index (χ3v) is 34.0. The molecule has 0 aromatic heterocycles. The maximum Gasteiger partial charge on any atom is -0.0409 e. The Balaban J connectivity index is 0.000000102. The predicted molar refractivity (Wildman–Crippen MR) is 423 cm³/mol. The lowest BCUT2D eigenvalue weighted by molar-refractivity contribution is 0.116. The molecular formula is C97H172. The smallest absolute Gasteiger partial charge is 0.0409 e. The highest BCUT2D eigenvalue weighted by Gasteiger charge is 2.35. The minimum atomic E-state index is 1.13. The van der Waals surface area contributed by atoms with Gasteiger partial charge in [0.15, 0.2) is 0 Å². The van der Waals surface area contributed by atoms with Crippen LogP contribution in [0.15, 0.2) is 0 Å². The number of fused-ring (bicyclic) bond motifs is 29. The summed E-state index contributed by atoms with van der Waals surface area (Å²) in [6, 6.07) is 0. The van der Waals surface area contributed by atoms with E-state index in [0.717, 1.165) is 94.7 Å². The first-order valence-corrected chi connectivity index (χ1v) is 47.9. The van der Waals surface area contributed by atoms with Gasteiger partial charge in [0.1, 0.15) is 0 Å². The first-order chi connectivity index (χ1) is 47.9. The van der Waals surface area contributed by atoms with Crippen LogP contribution in [0.1, 0.15) is 482 Å². The Bertz CT molecular complexity index is 1770. The van der Waals surface area contributed by atoms with Crippen molar-refractivity contribution in [3.8, 4) is 0 Å². The van der Waals surface area contributed by atoms with E-state index in [0.29, 0.717) is 0 Å². The maximum absolute atomic E-state index is 1.58. The zero-order chi connectivity index (χ0) is 65.7. The molecule has 97 heavy (non-hydrogen) atoms. The van der Waals surface area contributed by atoms with Crippen LogP contribution in [-0.4, -0.2) is 0 Å². The molecular weight excluding hydrogens is 1170 g/mol. The Morgan fingerprint density at radius 1 is 0.0619 bits per heavy atom. The molecule has 0 aromatic rings. The highest BCUT2D eigenvalue weighted by Crippen LogP contribution is 2.49. The van der Waals surface area contributed by atoms with Gasteiger partial charge in [0, 0.05) is 0 Å². The van der Waals surface area contributed by atoms with E-state index in [-0.39, 0.29) is 0 Å². The molecule has 0 amide bonds. The van der Waals surface area contributed by atoms with Gasteiger partial charge >= 0.3 is 0 Å². The molecule has 26 saturated carbocycles. The van der Waals surface area contributed by atoms with Gasteiger partial charge in [0.25, 0.3) is 0 Å². The standard InChI is InChI=1S/C11H20.3C10H18.2C9H16.3C8H14.2C7H12/c1-2-5-11-7-3-6-10(4-1)8-9-11;1-3-9-5-2-6-10(4-1)8-7-9;1-2-5-10-7-3-6-9(4-1)8-10;1-2-4-10-7-5-9(3-1)6-8-10;1-3-8-5-2-6-9(4-1)7-8;1-2-4-9-6-5-8(3-1)7-9;1-2-8-5-3-7(1)4-6-8;1-2-7-4-5-8(3-1)6-7;1-2-4-8-5-7(3-1)6-8;1-2-7-4-3-6(1)5-7;1-2-6-4-7(3-1)5-6/h10-11H,1-9H2;3*9-10H,1-8H2;2*8-9H,1-7H2;3*7-8H,1-6H2;2*6-7H,1-5H2. The predicted octanol–water partition coefficient (Wildman–Crippen LogP) is 32.0. The van der Waals surface area contributed by atoms with Gasteiger partial charge in [-0.1, -0.05) is 424 Å². The first kappa shape index (κ1) is 76.6. The summed E-state index contributed by atoms with van der Waals surface area (Å²) in [5.74, 6) is 25.3. The first-order valence-electron chi connectivity index (χ1n) is 47.9. The van der Waals surface area contributed by atoms with E-state index < -0.39 is 0 Å². The zero-order valence-corrected chi connectivity index (χ0v) is 65.7. The highest BCUT2D eigenvalue weighted by molar-refractivity contribution is 4.87. The topological polar surface area (TPSA) is 0 Å². The molecule has 26 rings (SSSR count). The number of rotatable bonds is 0. The van der Waals surface area contributed by atoms with Gasteiger partial charge in [0.05, 0.1) is 0 Å². The molecule has 0 saturated heterocycles. The highest BCUT2D eigenvalue weighted by atomic mass is 14.4. The summed E-state index contributed by atoms with van der Waals surface area (Å²) in [4.78, 5) is 0. The van der Waals surface area contributed by atoms with Crippen molar-refractivity contribution in [3.63, 3.8) is 0 Å². The summed E-state index contributed by atoms with van der Waals surface area (Å²) in [5, 5.41) is 0. The fraction of sp³-hybridized carbons (Fsp3) is 1.00. The van der Waals surface area contributed by atoms with Crippen LogP contribution in [0, 0.1) is 130 Å². The molecule has 0 nitrogen and oxygen atoms in total. The van der Waals surface area contributed by atoms with Crippen molar-refractivity contribution in [3.05, 3.63) is 0 Å². The number of hydrogen-bond acceptors (Lipinski definition) is 0. The molecule has 8 unspecified atom stereocenters. The fourth-order valence-corrected chi connectivity index (χ4v) is 27.4. The van der Waals surface area contributed by atoms with E-state index >= 15 is 0 Å². The van der Waals surface area contributed by atoms with Crippen LogP contribution in [0.4, 0.5) is 0 Å². The average Bonchev–Trinajstić information content (AvgIpc) is 2.15. The zero-order valence-electron chi connectivity index (χ0n) is 65.7. The Morgan fingerprint density at radius 3 is 0.320 bits per heavy atom. The molecule has 26 fully saturated rings. The van der Waals surface area contributed by atoms with Crippen LogP contribution in [0.2, 0.25) is 0 Å². The third-order valence-electron chi connectivity index (χ3n) is 34.0. The van der Waals surface area contributed by atoms with E-state index in [1.54, 1.807) is 366 Å². The molecule has 0 radical (unpaired) electrons. The van der Waals surface area contributed by atoms with Crippen molar-refractivity contribution >= 4 is 0 Å². The van der Waals surface area contributed by atoms with Crippen molar-refractivity contribution in [1.29, 1.82) is 0 Å². The van der Waals surface area contributed by atoms with E-state index in [4.69, 9.17) is 0 Å². The second-order valence-electron chi connectivity index (χ2n) is 41.4. The van der Waals surface area contributed by atoms with E-state index in [1.807, 2.05) is 0 Å². The van der Waals surface area contributed by atoms with Gasteiger partial charge in [-0.25, -0.2) is 0 Å². The molecule has 0 heteroatoms. The van der Waals surface area contributed by atoms with Gasteiger partial charge in [-0.3, -0.25) is 0 Å². The van der Waals surface area contributed by atoms with Gasteiger partial charge < -0.3 is 0 Å². The SMILES string of the molecule is C1CC2CC(C1)C2.C1CC2CCC(C1)C2.C1CC2CCC1C2.C1CC2CCC1CC2.C1CC2CCCC(C1)C2.C1CC2CCCC(C1)CC2.C1CCC2CC(C1)C2.C1CCC2CCC(C1)C2.C1CCC2CCC(C1)CC2.C1CCC2CCCC(C1)C2.C1CCC2CCCC(C1)CC2. The Hall–Kier alpha value is 0. The van der Waals surface area contributed by atoms with Crippen LogP contribution in [-0.2, 0) is 0 Å². The molecule has 0 aliphatic heterocycles. The molecule has 22 bridgehead atoms. The van der Waals surface area contributed by atoms with Crippen LogP contribution < -0.4 is 0 Å². The Labute approximate surface area is 608 Å². The Morgan fingerprint density at radius 2 is 0.144 bits per heavy atom. The molecule has 26 aliphatic rings. The second kappa shape index (κ2) is 43.6. The minimum Gasteiger partial charge on any atom is -0.0530 e. The van der Waals surface area contributed by atoms with Crippen molar-refractivity contribution in [1.82, 2.24) is 0 Å². The summed E-state index contributed by atoms with van der Waals surface area (Å²) >= 11 is 0. The molecule has 560 valence electrons. The van der Waals surface area contributed by atoms with Gasteiger partial charge in [-0.2, -0.15) is 0 Å². The van der Waals surface area contributed by atoms with Crippen LogP contribution in [0.25, 0.3) is 0 Å². The molecule has 0 aromatic carbocycles. The third kappa shape index (κ3) is 28.0. The van der Waals surface area contributed by atoms with Gasteiger partial charge in [0.2, 0.25) is 0 Å². The maximum atomic E-state index is 1.58. The quantitative estimate of drug-likeness (QED) is 0.227. The lowest BCUT2D eigenvalue weighted by atomic mass is 9.65. The summed E-state index contributed by atoms with van der Waals surface area (Å²) in [7, 11) is 0. The molecule has 26 aliphatic carbocycles. The molecule has 0 spiro atoms. The van der Waals surface area contributed by atoms with Crippen molar-refractivity contribution in [2.24, 2.45) is 130 Å². The second-order valence-corrected chi connectivity index (χ2v) is 41.4. The van der Waals surface area contributed by atoms with Crippen LogP contribution >= 0.6 is 0 Å². The normalized spacial score (nSPS) is 43.1. The monoisotopic (exact) mass is 1340 g/mol. The molecule has 0 N–H and O–H groups in total. The lowest BCUT2D eigenvalue weighted by Crippen LogP contribution is -2.28. The summed E-state index contributed by atoms with van der Waals surface area (Å²) in [5.41, 5.74) is 0. The van der Waals surface area contributed by atoms with Crippen molar-refractivity contribution in [2.75, 3.05) is 0 Å². The lowest BCUT2D eigenvalue weighted by Gasteiger charge is -2.40. The van der Waals surface area contributed by atoms with Crippen LogP contribution in [0.5, 0.6) is 0 Å². The molecule has 8 atom stereocenters. The summed E-state index contributed by atoms with van der Waals surface area (Å²) in [6.45, 7) is 0. The summed E-state index contributed by atoms with van der Waals surface area (Å²) < 4.78 is 0. The van der Waals surface area contributed by atoms with Crippen LogP contribution in [0.3, 0.4) is 0 Å². The van der Waals surface area contributed by atoms with Gasteiger partial charge in [-0.05, 0) is 188 Å². The number of hydrogen-bond donors (Lipinski definition) is 0.